The highest BCUT2D eigenvalue weighted by Gasteiger charge is 2.16. The first kappa shape index (κ1) is 17.1. The molecule has 3 rings (SSSR count). The summed E-state index contributed by atoms with van der Waals surface area (Å²) in [6, 6.07) is 27.0. The molecule has 1 N–H and O–H groups in total. The molecule has 3 aromatic carbocycles. The molecule has 126 valence electrons. The van der Waals surface area contributed by atoms with Crippen LogP contribution in [0.2, 0.25) is 5.02 Å². The van der Waals surface area contributed by atoms with Gasteiger partial charge in [-0.3, -0.25) is 0 Å². The lowest BCUT2D eigenvalue weighted by Gasteiger charge is -2.18. The molecule has 3 nitrogen and oxygen atoms in total. The molecule has 0 saturated carbocycles. The molecule has 1 amide bonds. The number of hydrogen-bond donors (Lipinski definition) is 1. The maximum absolute atomic E-state index is 12.1. The van der Waals surface area contributed by atoms with Crippen LogP contribution in [0.25, 0.3) is 0 Å². The minimum absolute atomic E-state index is 0.0428. The van der Waals surface area contributed by atoms with Gasteiger partial charge in [0.15, 0.2) is 5.75 Å². The van der Waals surface area contributed by atoms with E-state index in [-0.39, 0.29) is 5.92 Å². The Kier molecular flexibility index (Phi) is 5.70. The molecule has 0 fully saturated rings. The van der Waals surface area contributed by atoms with Crippen LogP contribution < -0.4 is 10.1 Å². The van der Waals surface area contributed by atoms with E-state index in [1.807, 2.05) is 36.4 Å². The van der Waals surface area contributed by atoms with Crippen LogP contribution in [0.15, 0.2) is 84.9 Å². The molecule has 0 saturated heterocycles. The van der Waals surface area contributed by atoms with E-state index in [0.717, 1.165) is 11.1 Å². The topological polar surface area (TPSA) is 38.3 Å². The molecular weight excluding hydrogens is 334 g/mol. The van der Waals surface area contributed by atoms with Crippen LogP contribution >= 0.6 is 11.6 Å². The third kappa shape index (κ3) is 4.61. The van der Waals surface area contributed by atoms with Crippen molar-refractivity contribution < 1.29 is 9.53 Å². The summed E-state index contributed by atoms with van der Waals surface area (Å²) in [7, 11) is 0. The fraction of sp³-hybridized carbons (Fsp3) is 0.0952. The van der Waals surface area contributed by atoms with Crippen molar-refractivity contribution in [3.63, 3.8) is 0 Å². The van der Waals surface area contributed by atoms with E-state index in [0.29, 0.717) is 17.3 Å². The van der Waals surface area contributed by atoms with Crippen LogP contribution in [0.3, 0.4) is 0 Å². The summed E-state index contributed by atoms with van der Waals surface area (Å²) in [5, 5.41) is 3.24. The molecule has 25 heavy (non-hydrogen) atoms. The summed E-state index contributed by atoms with van der Waals surface area (Å²) in [5.74, 6) is 0.388. The molecule has 3 aromatic rings. The number of benzene rings is 3. The van der Waals surface area contributed by atoms with E-state index < -0.39 is 6.09 Å². The molecule has 4 heteroatoms. The van der Waals surface area contributed by atoms with Gasteiger partial charge in [0.25, 0.3) is 0 Å². The second-order valence-electron chi connectivity index (χ2n) is 5.57. The lowest BCUT2D eigenvalue weighted by molar-refractivity contribution is 0.200. The summed E-state index contributed by atoms with van der Waals surface area (Å²) < 4.78 is 5.29. The Balaban J connectivity index is 1.71. The van der Waals surface area contributed by atoms with Crippen LogP contribution in [0.1, 0.15) is 17.0 Å². The van der Waals surface area contributed by atoms with E-state index in [9.17, 15) is 4.79 Å². The van der Waals surface area contributed by atoms with Gasteiger partial charge in [0.2, 0.25) is 0 Å². The normalized spacial score (nSPS) is 10.5. The van der Waals surface area contributed by atoms with Gasteiger partial charge < -0.3 is 10.1 Å². The summed E-state index contributed by atoms with van der Waals surface area (Å²) >= 11 is 6.02. The molecule has 0 aromatic heterocycles. The highest BCUT2D eigenvalue weighted by molar-refractivity contribution is 6.32. The summed E-state index contributed by atoms with van der Waals surface area (Å²) in [4.78, 5) is 12.1. The monoisotopic (exact) mass is 351 g/mol. The number of rotatable bonds is 5. The van der Waals surface area contributed by atoms with Crippen molar-refractivity contribution >= 4 is 17.7 Å². The third-order valence-corrected chi connectivity index (χ3v) is 4.21. The minimum Gasteiger partial charge on any atom is -0.409 e. The SMILES string of the molecule is O=C(NCC(c1ccccc1)c1ccccc1)Oc1ccccc1Cl. The van der Waals surface area contributed by atoms with Crippen LogP contribution in [-0.4, -0.2) is 12.6 Å². The minimum atomic E-state index is -0.523. The van der Waals surface area contributed by atoms with Crippen molar-refractivity contribution in [2.75, 3.05) is 6.54 Å². The Bertz CT molecular complexity index is 782. The highest BCUT2D eigenvalue weighted by Crippen LogP contribution is 2.25. The molecule has 0 bridgehead atoms. The predicted octanol–water partition coefficient (Wildman–Crippen LogP) is 5.26. The maximum atomic E-state index is 12.1. The Labute approximate surface area is 152 Å². The van der Waals surface area contributed by atoms with Crippen LogP contribution in [0.4, 0.5) is 4.79 Å². The molecule has 0 atom stereocenters. The number of para-hydroxylation sites is 1. The predicted molar refractivity (Wildman–Crippen MR) is 100 cm³/mol. The number of carbonyl (C=O) groups is 1. The summed E-state index contributed by atoms with van der Waals surface area (Å²) in [5.41, 5.74) is 2.26. The summed E-state index contributed by atoms with van der Waals surface area (Å²) in [6.45, 7) is 0.428. The van der Waals surface area contributed by atoms with Crippen LogP contribution in [-0.2, 0) is 0 Å². The zero-order valence-electron chi connectivity index (χ0n) is 13.6. The maximum Gasteiger partial charge on any atom is 0.412 e. The van der Waals surface area contributed by atoms with Crippen molar-refractivity contribution in [3.05, 3.63) is 101 Å². The fourth-order valence-corrected chi connectivity index (χ4v) is 2.82. The number of hydrogen-bond acceptors (Lipinski definition) is 2. The first-order valence-corrected chi connectivity index (χ1v) is 8.42. The molecule has 0 aliphatic carbocycles. The van der Waals surface area contributed by atoms with E-state index in [2.05, 4.69) is 29.6 Å². The van der Waals surface area contributed by atoms with E-state index in [1.54, 1.807) is 24.3 Å². The first-order valence-electron chi connectivity index (χ1n) is 8.04. The average molecular weight is 352 g/mol. The van der Waals surface area contributed by atoms with E-state index in [4.69, 9.17) is 16.3 Å². The quantitative estimate of drug-likeness (QED) is 0.680. The van der Waals surface area contributed by atoms with E-state index >= 15 is 0 Å². The van der Waals surface area contributed by atoms with Gasteiger partial charge >= 0.3 is 6.09 Å². The largest absolute Gasteiger partial charge is 0.412 e. The Morgan fingerprint density at radius 1 is 0.840 bits per heavy atom. The number of ether oxygens (including phenoxy) is 1. The molecule has 0 heterocycles. The lowest BCUT2D eigenvalue weighted by atomic mass is 9.91. The molecule has 0 aliphatic rings. The number of amides is 1. The average Bonchev–Trinajstić information content (AvgIpc) is 2.66. The Morgan fingerprint density at radius 3 is 1.92 bits per heavy atom. The van der Waals surface area contributed by atoms with Gasteiger partial charge in [-0.25, -0.2) is 4.79 Å². The van der Waals surface area contributed by atoms with Gasteiger partial charge in [-0.2, -0.15) is 0 Å². The van der Waals surface area contributed by atoms with Gasteiger partial charge in [0.05, 0.1) is 5.02 Å². The third-order valence-electron chi connectivity index (χ3n) is 3.89. The second-order valence-corrected chi connectivity index (χ2v) is 5.98. The number of carbonyl (C=O) groups excluding carboxylic acids is 1. The molecule has 0 unspecified atom stereocenters. The molecule has 0 spiro atoms. The standard InChI is InChI=1S/C21H18ClNO2/c22-19-13-7-8-14-20(19)25-21(24)23-15-18(16-9-3-1-4-10-16)17-11-5-2-6-12-17/h1-14,18H,15H2,(H,23,24). The van der Waals surface area contributed by atoms with Crippen LogP contribution in [0.5, 0.6) is 5.75 Å². The van der Waals surface area contributed by atoms with Gasteiger partial charge in [-0.1, -0.05) is 84.4 Å². The number of halogens is 1. The van der Waals surface area contributed by atoms with Gasteiger partial charge in [0, 0.05) is 12.5 Å². The fourth-order valence-electron chi connectivity index (χ4n) is 2.65. The van der Waals surface area contributed by atoms with Gasteiger partial charge in [-0.15, -0.1) is 0 Å². The van der Waals surface area contributed by atoms with Crippen molar-refractivity contribution in [2.45, 2.75) is 5.92 Å². The van der Waals surface area contributed by atoms with Crippen molar-refractivity contribution in [1.82, 2.24) is 5.32 Å². The van der Waals surface area contributed by atoms with Crippen molar-refractivity contribution in [1.29, 1.82) is 0 Å². The van der Waals surface area contributed by atoms with E-state index in [1.165, 1.54) is 0 Å². The summed E-state index contributed by atoms with van der Waals surface area (Å²) in [6.07, 6.45) is -0.523. The smallest absolute Gasteiger partial charge is 0.409 e. The van der Waals surface area contributed by atoms with Gasteiger partial charge in [-0.05, 0) is 23.3 Å². The van der Waals surface area contributed by atoms with Crippen molar-refractivity contribution in [2.24, 2.45) is 0 Å². The Morgan fingerprint density at radius 2 is 1.36 bits per heavy atom. The second kappa shape index (κ2) is 8.36. The zero-order chi connectivity index (χ0) is 17.5. The molecule has 0 aliphatic heterocycles. The first-order chi connectivity index (χ1) is 12.2. The Hall–Kier alpha value is -2.78. The van der Waals surface area contributed by atoms with Gasteiger partial charge in [0.1, 0.15) is 0 Å². The molecular formula is C21H18ClNO2. The highest BCUT2D eigenvalue weighted by atomic mass is 35.5. The lowest BCUT2D eigenvalue weighted by Crippen LogP contribution is -2.31. The van der Waals surface area contributed by atoms with Crippen LogP contribution in [0, 0.1) is 0 Å². The van der Waals surface area contributed by atoms with Crippen molar-refractivity contribution in [3.8, 4) is 5.75 Å². The zero-order valence-corrected chi connectivity index (χ0v) is 14.3. The molecule has 0 radical (unpaired) electrons. The number of nitrogens with one attached hydrogen (secondary N) is 1.